The van der Waals surface area contributed by atoms with Crippen LogP contribution in [0.5, 0.6) is 0 Å². The van der Waals surface area contributed by atoms with Crippen LogP contribution in [0.25, 0.3) is 0 Å². The van der Waals surface area contributed by atoms with Crippen molar-refractivity contribution in [2.75, 3.05) is 20.1 Å². The average molecular weight is 250 g/mol. The van der Waals surface area contributed by atoms with Gasteiger partial charge in [-0.25, -0.2) is 0 Å². The number of rotatable bonds is 6. The zero-order valence-corrected chi connectivity index (χ0v) is 10.6. The Balaban J connectivity index is 2.45. The molecule has 98 valence electrons. The fraction of sp³-hybridized carbons (Fsp3) is 0.385. The fourth-order valence-electron chi connectivity index (χ4n) is 1.54. The third-order valence-electron chi connectivity index (χ3n) is 2.65. The van der Waals surface area contributed by atoms with Gasteiger partial charge in [-0.3, -0.25) is 14.9 Å². The Morgan fingerprint density at radius 1 is 1.28 bits per heavy atom. The van der Waals surface area contributed by atoms with Crippen molar-refractivity contribution in [2.24, 2.45) is 0 Å². The van der Waals surface area contributed by atoms with Crippen LogP contribution in [0.4, 0.5) is 0 Å². The van der Waals surface area contributed by atoms with Crippen LogP contribution in [-0.4, -0.2) is 42.0 Å². The van der Waals surface area contributed by atoms with E-state index in [0.29, 0.717) is 6.54 Å². The first-order chi connectivity index (χ1) is 8.50. The molecule has 0 aliphatic heterocycles. The molecule has 0 atom stereocenters. The first-order valence-electron chi connectivity index (χ1n) is 5.71. The molecule has 5 heteroatoms. The molecule has 0 aliphatic rings. The van der Waals surface area contributed by atoms with Crippen LogP contribution in [0.3, 0.4) is 0 Å². The van der Waals surface area contributed by atoms with Gasteiger partial charge in [0.1, 0.15) is 0 Å². The van der Waals surface area contributed by atoms with Gasteiger partial charge in [0.25, 0.3) is 0 Å². The standard InChI is InChI=1S/C13H18N2O3/c1-10-5-3-4-6-11(10)9-15(2)12(16)7-14-8-13(17)18/h3-6,14H,7-9H2,1-2H3,(H,17,18). The third-order valence-corrected chi connectivity index (χ3v) is 2.65. The Morgan fingerprint density at radius 3 is 2.56 bits per heavy atom. The molecule has 0 spiro atoms. The molecular formula is C13H18N2O3. The fourth-order valence-corrected chi connectivity index (χ4v) is 1.54. The van der Waals surface area contributed by atoms with E-state index in [1.54, 1.807) is 11.9 Å². The van der Waals surface area contributed by atoms with Crippen LogP contribution in [0, 0.1) is 6.92 Å². The van der Waals surface area contributed by atoms with Crippen molar-refractivity contribution in [2.45, 2.75) is 13.5 Å². The number of aliphatic carboxylic acids is 1. The monoisotopic (exact) mass is 250 g/mol. The molecule has 0 radical (unpaired) electrons. The SMILES string of the molecule is Cc1ccccc1CN(C)C(=O)CNCC(=O)O. The van der Waals surface area contributed by atoms with E-state index < -0.39 is 5.97 Å². The summed E-state index contributed by atoms with van der Waals surface area (Å²) in [6, 6.07) is 7.86. The Bertz CT molecular complexity index is 432. The second-order valence-electron chi connectivity index (χ2n) is 4.17. The van der Waals surface area contributed by atoms with Gasteiger partial charge < -0.3 is 10.0 Å². The Kier molecular flexibility index (Phi) is 5.32. The molecule has 1 aromatic carbocycles. The number of carbonyl (C=O) groups is 2. The number of aryl methyl sites for hydroxylation is 1. The molecule has 0 unspecified atom stereocenters. The van der Waals surface area contributed by atoms with Gasteiger partial charge >= 0.3 is 5.97 Å². The van der Waals surface area contributed by atoms with E-state index in [0.717, 1.165) is 11.1 Å². The molecule has 5 nitrogen and oxygen atoms in total. The lowest BCUT2D eigenvalue weighted by Crippen LogP contribution is -2.37. The number of carboxylic acid groups (broad SMARTS) is 1. The van der Waals surface area contributed by atoms with Gasteiger partial charge in [-0.2, -0.15) is 0 Å². The quantitative estimate of drug-likeness (QED) is 0.777. The van der Waals surface area contributed by atoms with Gasteiger partial charge in [0.15, 0.2) is 0 Å². The molecular weight excluding hydrogens is 232 g/mol. The van der Waals surface area contributed by atoms with Gasteiger partial charge in [0.2, 0.25) is 5.91 Å². The summed E-state index contributed by atoms with van der Waals surface area (Å²) in [6.45, 7) is 2.36. The van der Waals surface area contributed by atoms with Crippen LogP contribution in [0.15, 0.2) is 24.3 Å². The highest BCUT2D eigenvalue weighted by Crippen LogP contribution is 2.09. The van der Waals surface area contributed by atoms with Crippen LogP contribution in [0.1, 0.15) is 11.1 Å². The largest absolute Gasteiger partial charge is 0.480 e. The number of amides is 1. The minimum absolute atomic E-state index is 0.0364. The maximum absolute atomic E-state index is 11.7. The number of carbonyl (C=O) groups excluding carboxylic acids is 1. The number of hydrogen-bond donors (Lipinski definition) is 2. The maximum atomic E-state index is 11.7. The molecule has 1 aromatic rings. The van der Waals surface area contributed by atoms with Crippen molar-refractivity contribution >= 4 is 11.9 Å². The summed E-state index contributed by atoms with van der Waals surface area (Å²) in [6.07, 6.45) is 0. The molecule has 0 heterocycles. The van der Waals surface area contributed by atoms with Gasteiger partial charge in [-0.05, 0) is 18.1 Å². The predicted octanol–water partition coefficient (Wildman–Crippen LogP) is 0.628. The highest BCUT2D eigenvalue weighted by atomic mass is 16.4. The highest BCUT2D eigenvalue weighted by Gasteiger charge is 2.10. The highest BCUT2D eigenvalue weighted by molar-refractivity contribution is 5.79. The van der Waals surface area contributed by atoms with Crippen molar-refractivity contribution in [3.05, 3.63) is 35.4 Å². The molecule has 2 N–H and O–H groups in total. The van der Waals surface area contributed by atoms with Crippen molar-refractivity contribution in [1.29, 1.82) is 0 Å². The average Bonchev–Trinajstić information content (AvgIpc) is 2.31. The van der Waals surface area contributed by atoms with Crippen LogP contribution < -0.4 is 5.32 Å². The minimum Gasteiger partial charge on any atom is -0.480 e. The number of nitrogens with zero attached hydrogens (tertiary/aromatic N) is 1. The van der Waals surface area contributed by atoms with Crippen LogP contribution >= 0.6 is 0 Å². The normalized spacial score (nSPS) is 10.1. The Labute approximate surface area is 106 Å². The lowest BCUT2D eigenvalue weighted by atomic mass is 10.1. The van der Waals surface area contributed by atoms with Crippen LogP contribution in [-0.2, 0) is 16.1 Å². The number of hydrogen-bond acceptors (Lipinski definition) is 3. The molecule has 0 aliphatic carbocycles. The summed E-state index contributed by atoms with van der Waals surface area (Å²) in [5, 5.41) is 11.0. The lowest BCUT2D eigenvalue weighted by Gasteiger charge is -2.18. The number of carboxylic acids is 1. The summed E-state index contributed by atoms with van der Waals surface area (Å²) >= 11 is 0. The molecule has 0 saturated heterocycles. The van der Waals surface area contributed by atoms with E-state index >= 15 is 0 Å². The predicted molar refractivity (Wildman–Crippen MR) is 68.2 cm³/mol. The topological polar surface area (TPSA) is 69.6 Å². The van der Waals surface area contributed by atoms with Crippen molar-refractivity contribution in [1.82, 2.24) is 10.2 Å². The summed E-state index contributed by atoms with van der Waals surface area (Å²) in [5.74, 6) is -1.09. The molecule has 1 amide bonds. The Hall–Kier alpha value is -1.88. The minimum atomic E-state index is -0.968. The first-order valence-corrected chi connectivity index (χ1v) is 5.71. The van der Waals surface area contributed by atoms with E-state index in [9.17, 15) is 9.59 Å². The van der Waals surface area contributed by atoms with Gasteiger partial charge in [0.05, 0.1) is 13.1 Å². The van der Waals surface area contributed by atoms with Gasteiger partial charge in [-0.15, -0.1) is 0 Å². The first kappa shape index (κ1) is 14.2. The van der Waals surface area contributed by atoms with Gasteiger partial charge in [0, 0.05) is 13.6 Å². The summed E-state index contributed by atoms with van der Waals surface area (Å²) in [4.78, 5) is 23.6. The van der Waals surface area contributed by atoms with E-state index in [1.165, 1.54) is 0 Å². The van der Waals surface area contributed by atoms with E-state index in [1.807, 2.05) is 31.2 Å². The second kappa shape index (κ2) is 6.76. The number of nitrogens with one attached hydrogen (secondary N) is 1. The molecule has 0 bridgehead atoms. The van der Waals surface area contributed by atoms with E-state index in [-0.39, 0.29) is 19.0 Å². The molecule has 0 fully saturated rings. The molecule has 18 heavy (non-hydrogen) atoms. The number of likely N-dealkylation sites (N-methyl/N-ethyl adjacent to an activating group) is 1. The number of benzene rings is 1. The zero-order chi connectivity index (χ0) is 13.5. The van der Waals surface area contributed by atoms with E-state index in [2.05, 4.69) is 5.32 Å². The van der Waals surface area contributed by atoms with Gasteiger partial charge in [-0.1, -0.05) is 24.3 Å². The van der Waals surface area contributed by atoms with E-state index in [4.69, 9.17) is 5.11 Å². The molecule has 0 aromatic heterocycles. The Morgan fingerprint density at radius 2 is 1.94 bits per heavy atom. The van der Waals surface area contributed by atoms with Crippen molar-refractivity contribution < 1.29 is 14.7 Å². The maximum Gasteiger partial charge on any atom is 0.317 e. The second-order valence-corrected chi connectivity index (χ2v) is 4.17. The molecule has 0 saturated carbocycles. The van der Waals surface area contributed by atoms with Crippen molar-refractivity contribution in [3.63, 3.8) is 0 Å². The smallest absolute Gasteiger partial charge is 0.317 e. The van der Waals surface area contributed by atoms with Crippen molar-refractivity contribution in [3.8, 4) is 0 Å². The van der Waals surface area contributed by atoms with Crippen LogP contribution in [0.2, 0.25) is 0 Å². The summed E-state index contributed by atoms with van der Waals surface area (Å²) in [7, 11) is 1.71. The summed E-state index contributed by atoms with van der Waals surface area (Å²) in [5.41, 5.74) is 2.22. The third kappa shape index (κ3) is 4.55. The zero-order valence-electron chi connectivity index (χ0n) is 10.6. The molecule has 1 rings (SSSR count). The summed E-state index contributed by atoms with van der Waals surface area (Å²) < 4.78 is 0. The lowest BCUT2D eigenvalue weighted by molar-refractivity contribution is -0.136.